The molecule has 0 amide bonds. The summed E-state index contributed by atoms with van der Waals surface area (Å²) in [5.74, 6) is 1.73. The van der Waals surface area contributed by atoms with E-state index in [1.54, 1.807) is 27.2 Å². The lowest BCUT2D eigenvalue weighted by molar-refractivity contribution is -0.249. The first-order valence-corrected chi connectivity index (χ1v) is 19.0. The van der Waals surface area contributed by atoms with Crippen LogP contribution in [0, 0.1) is 50.7 Å². The Balaban J connectivity index is 1.06. The van der Waals surface area contributed by atoms with Crippen LogP contribution in [0.2, 0.25) is 0 Å². The van der Waals surface area contributed by atoms with Crippen LogP contribution in [0.25, 0.3) is 0 Å². The van der Waals surface area contributed by atoms with E-state index in [-0.39, 0.29) is 40.7 Å². The second-order valence-electron chi connectivity index (χ2n) is 18.8. The van der Waals surface area contributed by atoms with Crippen LogP contribution in [0.5, 0.6) is 0 Å². The average molecular weight is 673 g/mol. The summed E-state index contributed by atoms with van der Waals surface area (Å²) in [5, 5.41) is 33.6. The van der Waals surface area contributed by atoms with Gasteiger partial charge in [-0.25, -0.2) is 4.98 Å². The SMILES string of the molecule is COC(C[C@@H](C)[C@H]1C[C@H](O)[C@@]2(C)C3CC[C@H]4C(C)(C)C(O[C@H]5CN(Cc6cocn6)CCO5)CCC45CC35CCC12C)C(O)C(C)(C)O. The monoisotopic (exact) mass is 672 g/mol. The Morgan fingerprint density at radius 2 is 1.81 bits per heavy atom. The molecule has 3 N–H and O–H groups in total. The Hall–Kier alpha value is -1.07. The first-order chi connectivity index (χ1) is 22.5. The van der Waals surface area contributed by atoms with Gasteiger partial charge in [-0.05, 0) is 117 Å². The number of nitrogens with zero attached hydrogens (tertiary/aromatic N) is 2. The number of hydrogen-bond donors (Lipinski definition) is 3. The Morgan fingerprint density at radius 1 is 1.08 bits per heavy atom. The van der Waals surface area contributed by atoms with Crippen molar-refractivity contribution in [1.29, 1.82) is 0 Å². The van der Waals surface area contributed by atoms with Gasteiger partial charge < -0.3 is 33.9 Å². The maximum absolute atomic E-state index is 12.1. The zero-order valence-electron chi connectivity index (χ0n) is 30.9. The molecule has 5 aliphatic carbocycles. The molecule has 7 unspecified atom stereocenters. The molecule has 1 aromatic heterocycles. The number of rotatable bonds is 10. The van der Waals surface area contributed by atoms with E-state index in [1.165, 1.54) is 38.5 Å². The predicted molar refractivity (Wildman–Crippen MR) is 182 cm³/mol. The van der Waals surface area contributed by atoms with Crippen LogP contribution in [-0.2, 0) is 20.8 Å². The summed E-state index contributed by atoms with van der Waals surface area (Å²) in [6.45, 7) is 18.5. The highest BCUT2D eigenvalue weighted by Crippen LogP contribution is 2.89. The molecule has 1 saturated heterocycles. The number of morpholine rings is 1. The van der Waals surface area contributed by atoms with Crippen LogP contribution in [-0.4, -0.2) is 88.3 Å². The molecule has 0 bridgehead atoms. The minimum atomic E-state index is -1.23. The predicted octanol–water partition coefficient (Wildman–Crippen LogP) is 5.80. The maximum atomic E-state index is 12.1. The molecule has 5 saturated carbocycles. The van der Waals surface area contributed by atoms with Crippen LogP contribution < -0.4 is 0 Å². The third-order valence-electron chi connectivity index (χ3n) is 16.2. The van der Waals surface area contributed by atoms with Gasteiger partial charge in [0.2, 0.25) is 0 Å². The van der Waals surface area contributed by atoms with Gasteiger partial charge in [0.05, 0.1) is 42.8 Å². The largest absolute Gasteiger partial charge is 0.451 e. The number of ether oxygens (including phenoxy) is 3. The highest BCUT2D eigenvalue weighted by Gasteiger charge is 2.83. The molecule has 2 spiro atoms. The third-order valence-corrected chi connectivity index (χ3v) is 16.2. The first-order valence-electron chi connectivity index (χ1n) is 19.0. The Bertz CT molecular complexity index is 1300. The lowest BCUT2D eigenvalue weighted by Crippen LogP contribution is -2.60. The van der Waals surface area contributed by atoms with Crippen LogP contribution in [0.1, 0.15) is 112 Å². The summed E-state index contributed by atoms with van der Waals surface area (Å²) in [7, 11) is 1.63. The lowest BCUT2D eigenvalue weighted by Gasteiger charge is -2.64. The fourth-order valence-electron chi connectivity index (χ4n) is 13.5. The summed E-state index contributed by atoms with van der Waals surface area (Å²) in [6.07, 6.45) is 11.3. The van der Waals surface area contributed by atoms with E-state index < -0.39 is 17.8 Å². The number of hydrogen-bond acceptors (Lipinski definition) is 9. The van der Waals surface area contributed by atoms with Crippen molar-refractivity contribution in [3.63, 3.8) is 0 Å². The quantitative estimate of drug-likeness (QED) is 0.284. The average Bonchev–Trinajstić information content (AvgIpc) is 3.28. The summed E-state index contributed by atoms with van der Waals surface area (Å²) >= 11 is 0. The summed E-state index contributed by atoms with van der Waals surface area (Å²) in [6, 6.07) is 0. The molecule has 48 heavy (non-hydrogen) atoms. The van der Waals surface area contributed by atoms with E-state index in [1.807, 2.05) is 0 Å². The number of oxazole rings is 1. The molecule has 9 nitrogen and oxygen atoms in total. The van der Waals surface area contributed by atoms with E-state index in [0.717, 1.165) is 44.6 Å². The topological polar surface area (TPSA) is 118 Å². The van der Waals surface area contributed by atoms with Crippen LogP contribution in [0.3, 0.4) is 0 Å². The van der Waals surface area contributed by atoms with Crippen LogP contribution in [0.15, 0.2) is 17.1 Å². The van der Waals surface area contributed by atoms with Gasteiger partial charge in [0, 0.05) is 25.6 Å². The fourth-order valence-corrected chi connectivity index (χ4v) is 13.5. The molecule has 0 aromatic carbocycles. The van der Waals surface area contributed by atoms with E-state index >= 15 is 0 Å². The minimum Gasteiger partial charge on any atom is -0.451 e. The van der Waals surface area contributed by atoms with E-state index in [9.17, 15) is 15.3 Å². The summed E-state index contributed by atoms with van der Waals surface area (Å²) in [4.78, 5) is 6.67. The molecule has 0 radical (unpaired) electrons. The van der Waals surface area contributed by atoms with E-state index in [4.69, 9.17) is 18.6 Å². The van der Waals surface area contributed by atoms with Crippen LogP contribution >= 0.6 is 0 Å². The Morgan fingerprint density at radius 3 is 2.50 bits per heavy atom. The number of aliphatic hydroxyl groups excluding tert-OH is 2. The van der Waals surface area contributed by atoms with Crippen molar-refractivity contribution in [1.82, 2.24) is 9.88 Å². The summed E-state index contributed by atoms with van der Waals surface area (Å²) < 4.78 is 24.0. The van der Waals surface area contributed by atoms with Crippen LogP contribution in [0.4, 0.5) is 0 Å². The maximum Gasteiger partial charge on any atom is 0.180 e. The van der Waals surface area contributed by atoms with Crippen molar-refractivity contribution < 1.29 is 33.9 Å². The second kappa shape index (κ2) is 12.0. The van der Waals surface area contributed by atoms with Crippen molar-refractivity contribution in [2.24, 2.45) is 50.7 Å². The van der Waals surface area contributed by atoms with Gasteiger partial charge >= 0.3 is 0 Å². The van der Waals surface area contributed by atoms with Gasteiger partial charge in [0.1, 0.15) is 12.4 Å². The zero-order chi connectivity index (χ0) is 34.5. The standard InChI is InChI=1S/C39H64N2O7/c1-24(17-27(45-8)33(43)35(4,5)44)26-18-30(42)37(7)29-10-9-28-34(2,3)31(11-12-38(28)22-39(29,38)14-13-36(26,37)6)48-32-20-41(15-16-47-32)19-25-21-46-23-40-25/h21,23-24,26-33,42-44H,9-20,22H2,1-8H3/t24-,26-,27?,28+,29?,30+,31?,32+,33?,36?,37-,38?,39?/m1/s1. The third kappa shape index (κ3) is 5.14. The van der Waals surface area contributed by atoms with Gasteiger partial charge in [-0.2, -0.15) is 0 Å². The fraction of sp³-hybridized carbons (Fsp3) is 0.923. The van der Waals surface area contributed by atoms with Gasteiger partial charge in [-0.15, -0.1) is 0 Å². The van der Waals surface area contributed by atoms with Gasteiger partial charge in [0.15, 0.2) is 12.7 Å². The molecule has 6 fully saturated rings. The number of aliphatic hydroxyl groups is 3. The Labute approximate surface area is 288 Å². The molecular formula is C39H64N2O7. The normalized spacial score (nSPS) is 45.7. The number of aromatic nitrogens is 1. The molecule has 272 valence electrons. The van der Waals surface area contributed by atoms with Crippen molar-refractivity contribution in [2.75, 3.05) is 26.8 Å². The molecule has 1 aliphatic heterocycles. The van der Waals surface area contributed by atoms with Crippen molar-refractivity contribution in [2.45, 2.75) is 149 Å². The molecule has 6 aliphatic rings. The first kappa shape index (κ1) is 35.3. The molecular weight excluding hydrogens is 608 g/mol. The molecule has 1 aromatic rings. The zero-order valence-corrected chi connectivity index (χ0v) is 30.9. The number of methoxy groups -OCH3 is 1. The van der Waals surface area contributed by atoms with E-state index in [2.05, 4.69) is 44.5 Å². The Kier molecular flexibility index (Phi) is 8.83. The molecule has 7 rings (SSSR count). The second-order valence-corrected chi connectivity index (χ2v) is 18.8. The minimum absolute atomic E-state index is 0.0162. The number of fused-ring (bicyclic) bond motifs is 2. The van der Waals surface area contributed by atoms with Crippen molar-refractivity contribution in [3.8, 4) is 0 Å². The smallest absolute Gasteiger partial charge is 0.180 e. The van der Waals surface area contributed by atoms with Gasteiger partial charge in [-0.1, -0.05) is 34.6 Å². The van der Waals surface area contributed by atoms with Crippen molar-refractivity contribution in [3.05, 3.63) is 18.4 Å². The van der Waals surface area contributed by atoms with Gasteiger partial charge in [-0.3, -0.25) is 4.90 Å². The molecule has 13 atom stereocenters. The lowest BCUT2D eigenvalue weighted by atomic mass is 9.41. The van der Waals surface area contributed by atoms with E-state index in [0.29, 0.717) is 41.6 Å². The van der Waals surface area contributed by atoms with Crippen molar-refractivity contribution >= 4 is 0 Å². The highest BCUT2D eigenvalue weighted by molar-refractivity contribution is 5.31. The van der Waals surface area contributed by atoms with Gasteiger partial charge in [0.25, 0.3) is 0 Å². The molecule has 9 heteroatoms. The highest BCUT2D eigenvalue weighted by atomic mass is 16.7. The summed E-state index contributed by atoms with van der Waals surface area (Å²) in [5.41, 5.74) is 0.294. The molecule has 2 heterocycles.